The Morgan fingerprint density at radius 3 is 2.60 bits per heavy atom. The van der Waals surface area contributed by atoms with Gasteiger partial charge in [-0.3, -0.25) is 4.79 Å². The molecule has 1 aromatic carbocycles. The van der Waals surface area contributed by atoms with Crippen molar-refractivity contribution in [1.82, 2.24) is 10.2 Å². The first kappa shape index (κ1) is 15.1. The van der Waals surface area contributed by atoms with Gasteiger partial charge in [-0.05, 0) is 44.0 Å². The number of halogens is 1. The van der Waals surface area contributed by atoms with Crippen molar-refractivity contribution in [2.24, 2.45) is 0 Å². The average Bonchev–Trinajstić information content (AvgIpc) is 2.47. The van der Waals surface area contributed by atoms with E-state index in [9.17, 15) is 4.79 Å². The number of piperidine rings is 1. The van der Waals surface area contributed by atoms with E-state index in [1.54, 1.807) is 6.08 Å². The number of nitrogens with one attached hydrogen (secondary N) is 1. The van der Waals surface area contributed by atoms with E-state index in [1.165, 1.54) is 0 Å². The molecule has 0 saturated carbocycles. The molecule has 0 aliphatic carbocycles. The highest BCUT2D eigenvalue weighted by molar-refractivity contribution is 6.32. The summed E-state index contributed by atoms with van der Waals surface area (Å²) in [6.07, 6.45) is 3.73. The second-order valence-electron chi connectivity index (χ2n) is 5.20. The van der Waals surface area contributed by atoms with Crippen molar-refractivity contribution < 1.29 is 4.79 Å². The minimum Gasteiger partial charge on any atom is -0.339 e. The molecule has 1 amide bonds. The number of likely N-dealkylation sites (tertiary alicyclic amines) is 1. The summed E-state index contributed by atoms with van der Waals surface area (Å²) >= 11 is 6.15. The van der Waals surface area contributed by atoms with E-state index in [0.717, 1.165) is 37.1 Å². The van der Waals surface area contributed by atoms with Gasteiger partial charge in [-0.25, -0.2) is 0 Å². The Balaban J connectivity index is 2.04. The number of carbonyl (C=O) groups excluding carboxylic acids is 1. The first-order valence-corrected chi connectivity index (χ1v) is 7.39. The highest BCUT2D eigenvalue weighted by Crippen LogP contribution is 2.23. The zero-order valence-corrected chi connectivity index (χ0v) is 12.8. The van der Waals surface area contributed by atoms with Gasteiger partial charge in [-0.1, -0.05) is 29.8 Å². The van der Waals surface area contributed by atoms with E-state index >= 15 is 0 Å². The van der Waals surface area contributed by atoms with Gasteiger partial charge in [0.15, 0.2) is 0 Å². The number of nitrogens with zero attached hydrogens (tertiary/aromatic N) is 1. The monoisotopic (exact) mass is 292 g/mol. The van der Waals surface area contributed by atoms with Gasteiger partial charge in [0.2, 0.25) is 5.91 Å². The highest BCUT2D eigenvalue weighted by atomic mass is 35.5. The number of rotatable bonds is 3. The van der Waals surface area contributed by atoms with Gasteiger partial charge in [0.05, 0.1) is 0 Å². The van der Waals surface area contributed by atoms with Crippen LogP contribution in [0.25, 0.3) is 5.57 Å². The summed E-state index contributed by atoms with van der Waals surface area (Å²) in [7, 11) is 1.98. The van der Waals surface area contributed by atoms with Gasteiger partial charge in [0.25, 0.3) is 0 Å². The molecule has 2 rings (SSSR count). The molecule has 1 aliphatic rings. The fourth-order valence-electron chi connectivity index (χ4n) is 2.52. The van der Waals surface area contributed by atoms with Gasteiger partial charge in [-0.15, -0.1) is 0 Å². The maximum atomic E-state index is 12.3. The predicted octanol–water partition coefficient (Wildman–Crippen LogP) is 2.95. The third kappa shape index (κ3) is 3.62. The summed E-state index contributed by atoms with van der Waals surface area (Å²) in [5, 5.41) is 3.95. The maximum absolute atomic E-state index is 12.3. The molecule has 0 bridgehead atoms. The van der Waals surface area contributed by atoms with Crippen LogP contribution in [0.15, 0.2) is 30.3 Å². The van der Waals surface area contributed by atoms with Crippen LogP contribution in [-0.4, -0.2) is 37.0 Å². The Morgan fingerprint density at radius 2 is 2.00 bits per heavy atom. The van der Waals surface area contributed by atoms with Crippen LogP contribution < -0.4 is 5.32 Å². The van der Waals surface area contributed by atoms with Crippen molar-refractivity contribution in [3.8, 4) is 0 Å². The summed E-state index contributed by atoms with van der Waals surface area (Å²) in [5.41, 5.74) is 1.84. The van der Waals surface area contributed by atoms with Gasteiger partial charge in [-0.2, -0.15) is 0 Å². The number of carbonyl (C=O) groups is 1. The van der Waals surface area contributed by atoms with E-state index in [1.807, 2.05) is 43.1 Å². The van der Waals surface area contributed by atoms with E-state index in [-0.39, 0.29) is 5.91 Å². The molecule has 1 heterocycles. The quantitative estimate of drug-likeness (QED) is 0.869. The van der Waals surface area contributed by atoms with Crippen LogP contribution in [0, 0.1) is 0 Å². The molecular weight excluding hydrogens is 272 g/mol. The molecule has 1 N–H and O–H groups in total. The van der Waals surface area contributed by atoms with Crippen molar-refractivity contribution in [2.45, 2.75) is 25.8 Å². The normalized spacial score (nSPS) is 17.4. The van der Waals surface area contributed by atoms with Crippen molar-refractivity contribution in [3.63, 3.8) is 0 Å². The molecule has 0 atom stereocenters. The molecule has 1 aromatic rings. The van der Waals surface area contributed by atoms with Crippen molar-refractivity contribution in [3.05, 3.63) is 40.9 Å². The van der Waals surface area contributed by atoms with E-state index < -0.39 is 0 Å². The molecule has 1 aliphatic heterocycles. The van der Waals surface area contributed by atoms with Crippen molar-refractivity contribution in [2.75, 3.05) is 20.1 Å². The Kier molecular flexibility index (Phi) is 5.21. The van der Waals surface area contributed by atoms with Gasteiger partial charge in [0.1, 0.15) is 0 Å². The Morgan fingerprint density at radius 1 is 1.35 bits per heavy atom. The summed E-state index contributed by atoms with van der Waals surface area (Å²) in [5.74, 6) is 0.0805. The number of hydrogen-bond acceptors (Lipinski definition) is 2. The molecule has 4 heteroatoms. The molecule has 20 heavy (non-hydrogen) atoms. The summed E-state index contributed by atoms with van der Waals surface area (Å²) in [6, 6.07) is 8.14. The topological polar surface area (TPSA) is 32.3 Å². The third-order valence-corrected chi connectivity index (χ3v) is 4.18. The van der Waals surface area contributed by atoms with Crippen LogP contribution in [0.1, 0.15) is 25.3 Å². The second kappa shape index (κ2) is 6.91. The molecule has 1 saturated heterocycles. The lowest BCUT2D eigenvalue weighted by Gasteiger charge is -2.31. The highest BCUT2D eigenvalue weighted by Gasteiger charge is 2.20. The molecular formula is C16H21ClN2O. The SMILES string of the molecule is CNC1CCN(C(=O)/C=C(\C)c2ccccc2Cl)CC1. The summed E-state index contributed by atoms with van der Waals surface area (Å²) in [4.78, 5) is 14.2. The van der Waals surface area contributed by atoms with E-state index in [2.05, 4.69) is 5.32 Å². The molecule has 0 unspecified atom stereocenters. The Bertz CT molecular complexity index is 505. The van der Waals surface area contributed by atoms with Crippen molar-refractivity contribution >= 4 is 23.1 Å². The number of benzene rings is 1. The Labute approximate surface area is 125 Å². The standard InChI is InChI=1S/C16H21ClN2O/c1-12(14-5-3-4-6-15(14)17)11-16(20)19-9-7-13(18-2)8-10-19/h3-6,11,13,18H,7-10H2,1-2H3/b12-11+. The molecule has 0 aromatic heterocycles. The minimum absolute atomic E-state index is 0.0805. The van der Waals surface area contributed by atoms with E-state index in [4.69, 9.17) is 11.6 Å². The van der Waals surface area contributed by atoms with Crippen LogP contribution in [0.5, 0.6) is 0 Å². The summed E-state index contributed by atoms with van der Waals surface area (Å²) < 4.78 is 0. The third-order valence-electron chi connectivity index (χ3n) is 3.85. The second-order valence-corrected chi connectivity index (χ2v) is 5.60. The number of amides is 1. The van der Waals surface area contributed by atoms with Gasteiger partial charge in [0, 0.05) is 30.2 Å². The summed E-state index contributed by atoms with van der Waals surface area (Å²) in [6.45, 7) is 3.56. The molecule has 3 nitrogen and oxygen atoms in total. The number of hydrogen-bond donors (Lipinski definition) is 1. The van der Waals surface area contributed by atoms with Crippen molar-refractivity contribution in [1.29, 1.82) is 0 Å². The fraction of sp³-hybridized carbons (Fsp3) is 0.438. The lowest BCUT2D eigenvalue weighted by molar-refractivity contribution is -0.127. The van der Waals surface area contributed by atoms with Crippen LogP contribution in [-0.2, 0) is 4.79 Å². The average molecular weight is 293 g/mol. The smallest absolute Gasteiger partial charge is 0.246 e. The maximum Gasteiger partial charge on any atom is 0.246 e. The first-order chi connectivity index (χ1) is 9.61. The Hall–Kier alpha value is -1.32. The van der Waals surface area contributed by atoms with Gasteiger partial charge < -0.3 is 10.2 Å². The fourth-order valence-corrected chi connectivity index (χ4v) is 2.81. The van der Waals surface area contributed by atoms with Gasteiger partial charge >= 0.3 is 0 Å². The molecule has 1 fully saturated rings. The lowest BCUT2D eigenvalue weighted by Crippen LogP contribution is -2.43. The molecule has 108 valence electrons. The zero-order valence-electron chi connectivity index (χ0n) is 12.0. The minimum atomic E-state index is 0.0805. The first-order valence-electron chi connectivity index (χ1n) is 7.01. The molecule has 0 radical (unpaired) electrons. The number of allylic oxidation sites excluding steroid dienone is 1. The largest absolute Gasteiger partial charge is 0.339 e. The van der Waals surface area contributed by atoms with E-state index in [0.29, 0.717) is 11.1 Å². The zero-order chi connectivity index (χ0) is 14.5. The lowest BCUT2D eigenvalue weighted by atomic mass is 10.0. The molecule has 0 spiro atoms. The van der Waals surface area contributed by atoms with Crippen LogP contribution in [0.2, 0.25) is 5.02 Å². The van der Waals surface area contributed by atoms with Crippen LogP contribution in [0.4, 0.5) is 0 Å². The van der Waals surface area contributed by atoms with Crippen LogP contribution in [0.3, 0.4) is 0 Å². The van der Waals surface area contributed by atoms with Crippen LogP contribution >= 0.6 is 11.6 Å². The predicted molar refractivity (Wildman–Crippen MR) is 83.8 cm³/mol.